The zero-order valence-corrected chi connectivity index (χ0v) is 46.2. The Morgan fingerprint density at radius 1 is 0.462 bits per heavy atom. The van der Waals surface area contributed by atoms with Crippen molar-refractivity contribution in [2.24, 2.45) is 5.73 Å². The number of carbonyl (C=O) groups is 1. The van der Waals surface area contributed by atoms with Crippen LogP contribution in [0.2, 0.25) is 0 Å². The third-order valence-corrected chi connectivity index (χ3v) is 14.5. The first-order valence-corrected chi connectivity index (χ1v) is 29.0. The lowest BCUT2D eigenvalue weighted by molar-refractivity contribution is -0.328. The molecular formula is C68H87NO9. The topological polar surface area (TPSA) is 117 Å². The van der Waals surface area contributed by atoms with Gasteiger partial charge in [0.25, 0.3) is 0 Å². The highest BCUT2D eigenvalue weighted by atomic mass is 16.7. The Balaban J connectivity index is 1.13. The summed E-state index contributed by atoms with van der Waals surface area (Å²) in [6, 6.07) is 59.7. The van der Waals surface area contributed by atoms with E-state index in [0.29, 0.717) is 19.6 Å². The first-order chi connectivity index (χ1) is 38.5. The van der Waals surface area contributed by atoms with Crippen LogP contribution in [0.5, 0.6) is 0 Å². The fourth-order valence-electron chi connectivity index (χ4n) is 10.0. The molecule has 1 heterocycles. The summed E-state index contributed by atoms with van der Waals surface area (Å²) in [6.07, 6.45) is 11.6. The van der Waals surface area contributed by atoms with Crippen LogP contribution in [0.1, 0.15) is 130 Å². The Kier molecular flexibility index (Phi) is 27.6. The van der Waals surface area contributed by atoms with Crippen LogP contribution in [0, 0.1) is 0 Å². The lowest BCUT2D eigenvalue weighted by atomic mass is 9.97. The Morgan fingerprint density at radius 3 is 1.33 bits per heavy atom. The maximum atomic E-state index is 13.6. The van der Waals surface area contributed by atoms with E-state index in [1.54, 1.807) is 0 Å². The highest BCUT2D eigenvalue weighted by Crippen LogP contribution is 2.32. The summed E-state index contributed by atoms with van der Waals surface area (Å²) in [4.78, 5) is 13.6. The molecule has 0 unspecified atom stereocenters. The predicted molar refractivity (Wildman–Crippen MR) is 309 cm³/mol. The predicted octanol–water partition coefficient (Wildman–Crippen LogP) is 14.2. The molecule has 418 valence electrons. The molecule has 6 aromatic rings. The number of aryl methyl sites for hydroxylation is 1. The Morgan fingerprint density at radius 2 is 0.859 bits per heavy atom. The third kappa shape index (κ3) is 22.0. The fourth-order valence-corrected chi connectivity index (χ4v) is 10.0. The van der Waals surface area contributed by atoms with Crippen molar-refractivity contribution in [3.8, 4) is 0 Å². The van der Waals surface area contributed by atoms with Gasteiger partial charge in [-0.3, -0.25) is 4.79 Å². The molecule has 0 amide bonds. The molecule has 0 bridgehead atoms. The van der Waals surface area contributed by atoms with Crippen LogP contribution >= 0.6 is 0 Å². The lowest BCUT2D eigenvalue weighted by Gasteiger charge is -2.46. The Bertz CT molecular complexity index is 2440. The number of esters is 1. The number of rotatable bonds is 38. The van der Waals surface area contributed by atoms with E-state index in [4.69, 9.17) is 43.6 Å². The van der Waals surface area contributed by atoms with Gasteiger partial charge in [-0.05, 0) is 46.2 Å². The van der Waals surface area contributed by atoms with E-state index in [9.17, 15) is 4.79 Å². The summed E-state index contributed by atoms with van der Waals surface area (Å²) in [6.45, 7) is 3.72. The maximum Gasteiger partial charge on any atom is 0.306 e. The van der Waals surface area contributed by atoms with Crippen LogP contribution in [0.3, 0.4) is 0 Å². The molecule has 1 saturated heterocycles. The standard InChI is InChI=1S/C68H87NO9/c1-2-3-4-5-6-7-8-9-10-11-12-31-44-61(71-47-55-34-21-14-22-35-55)64(73-48-56-36-23-15-24-37-56)60(69)52-77-68-67(76-51-59-42-29-18-30-43-59)66(75-50-58-40-27-17-28-41-58)65(74-49-57-38-25-16-26-39-57)62(78-68)53-72-63(70)46-45-54-32-19-13-20-33-54/h13-30,32-43,60-62,64-68H,2-12,31,44-53,69H2,1H3/t60-,61+,62+,64-,65-,66-,67+,68-/m0/s1. The van der Waals surface area contributed by atoms with Crippen molar-refractivity contribution in [3.63, 3.8) is 0 Å². The molecule has 6 aromatic carbocycles. The summed E-state index contributed by atoms with van der Waals surface area (Å²) in [5.74, 6) is -0.346. The van der Waals surface area contributed by atoms with Gasteiger partial charge in [0, 0.05) is 6.42 Å². The molecule has 1 aliphatic rings. The molecule has 2 N–H and O–H groups in total. The molecule has 1 fully saturated rings. The van der Waals surface area contributed by atoms with Gasteiger partial charge in [-0.2, -0.15) is 0 Å². The number of carbonyl (C=O) groups excluding carboxylic acids is 1. The van der Waals surface area contributed by atoms with Gasteiger partial charge in [0.1, 0.15) is 37.1 Å². The van der Waals surface area contributed by atoms with Crippen LogP contribution < -0.4 is 5.73 Å². The number of nitrogens with two attached hydrogens (primary N) is 1. The van der Waals surface area contributed by atoms with Crippen molar-refractivity contribution in [2.75, 3.05) is 13.2 Å². The minimum Gasteiger partial charge on any atom is -0.463 e. The summed E-state index contributed by atoms with van der Waals surface area (Å²) < 4.78 is 54.6. The monoisotopic (exact) mass is 1060 g/mol. The highest BCUT2D eigenvalue weighted by molar-refractivity contribution is 5.69. The van der Waals surface area contributed by atoms with E-state index < -0.39 is 42.9 Å². The maximum absolute atomic E-state index is 13.6. The third-order valence-electron chi connectivity index (χ3n) is 14.5. The molecule has 0 aliphatic carbocycles. The zero-order valence-electron chi connectivity index (χ0n) is 46.2. The fraction of sp³-hybridized carbons (Fsp3) is 0.456. The van der Waals surface area contributed by atoms with E-state index in [1.165, 1.54) is 64.2 Å². The molecule has 10 heteroatoms. The molecule has 10 nitrogen and oxygen atoms in total. The van der Waals surface area contributed by atoms with Gasteiger partial charge < -0.3 is 43.6 Å². The van der Waals surface area contributed by atoms with Gasteiger partial charge in [0.15, 0.2) is 6.29 Å². The summed E-state index contributed by atoms with van der Waals surface area (Å²) in [5, 5.41) is 0. The highest BCUT2D eigenvalue weighted by Gasteiger charge is 2.50. The lowest BCUT2D eigenvalue weighted by Crippen LogP contribution is -2.62. The van der Waals surface area contributed by atoms with Crippen LogP contribution in [-0.4, -0.2) is 68.1 Å². The Labute approximate surface area is 466 Å². The van der Waals surface area contributed by atoms with Gasteiger partial charge in [0.05, 0.1) is 51.8 Å². The van der Waals surface area contributed by atoms with Crippen LogP contribution in [0.4, 0.5) is 0 Å². The summed E-state index contributed by atoms with van der Waals surface area (Å²) in [7, 11) is 0. The largest absolute Gasteiger partial charge is 0.463 e. The van der Waals surface area contributed by atoms with Crippen molar-refractivity contribution < 1.29 is 42.7 Å². The van der Waals surface area contributed by atoms with E-state index in [1.807, 2.05) is 158 Å². The van der Waals surface area contributed by atoms with Crippen LogP contribution in [-0.2, 0) is 82.1 Å². The van der Waals surface area contributed by atoms with E-state index in [-0.39, 0.29) is 51.5 Å². The minimum absolute atomic E-state index is 0.0312. The van der Waals surface area contributed by atoms with Crippen LogP contribution in [0.25, 0.3) is 0 Å². The van der Waals surface area contributed by atoms with Crippen LogP contribution in [0.15, 0.2) is 182 Å². The zero-order chi connectivity index (χ0) is 54.1. The van der Waals surface area contributed by atoms with Crippen molar-refractivity contribution in [3.05, 3.63) is 215 Å². The van der Waals surface area contributed by atoms with Crippen molar-refractivity contribution >= 4 is 5.97 Å². The molecular weight excluding hydrogens is 975 g/mol. The average Bonchev–Trinajstić information content (AvgIpc) is 3.50. The van der Waals surface area contributed by atoms with Crippen molar-refractivity contribution in [1.29, 1.82) is 0 Å². The first kappa shape index (κ1) is 60.1. The van der Waals surface area contributed by atoms with Crippen molar-refractivity contribution in [1.82, 2.24) is 0 Å². The van der Waals surface area contributed by atoms with Gasteiger partial charge >= 0.3 is 5.97 Å². The number of benzene rings is 6. The number of hydrogen-bond acceptors (Lipinski definition) is 10. The molecule has 8 atom stereocenters. The van der Waals surface area contributed by atoms with E-state index in [0.717, 1.165) is 52.6 Å². The molecule has 0 spiro atoms. The second-order valence-electron chi connectivity index (χ2n) is 20.8. The Hall–Kier alpha value is -5.53. The SMILES string of the molecule is CCCCCCCCCCCCCC[C@@H](OCc1ccccc1)[C@@H](OCc1ccccc1)[C@@H](N)CO[C@H]1O[C@H](COC(=O)CCc2ccccc2)[C@H](OCc2ccccc2)[C@H](OCc2ccccc2)[C@H]1OCc1ccccc1. The average molecular weight is 1060 g/mol. The van der Waals surface area contributed by atoms with Gasteiger partial charge in [-0.1, -0.05) is 266 Å². The second kappa shape index (κ2) is 35.9. The summed E-state index contributed by atoms with van der Waals surface area (Å²) in [5.41, 5.74) is 13.5. The smallest absolute Gasteiger partial charge is 0.306 e. The quantitative estimate of drug-likeness (QED) is 0.0297. The minimum atomic E-state index is -1.03. The molecule has 78 heavy (non-hydrogen) atoms. The number of unbranched alkanes of at least 4 members (excludes halogenated alkanes) is 11. The van der Waals surface area contributed by atoms with Gasteiger partial charge in [-0.25, -0.2) is 0 Å². The normalized spacial score (nSPS) is 18.5. The molecule has 0 aromatic heterocycles. The molecule has 0 saturated carbocycles. The summed E-state index contributed by atoms with van der Waals surface area (Å²) >= 11 is 0. The van der Waals surface area contributed by atoms with Crippen molar-refractivity contribution in [2.45, 2.75) is 185 Å². The van der Waals surface area contributed by atoms with E-state index in [2.05, 4.69) is 31.2 Å². The second-order valence-corrected chi connectivity index (χ2v) is 20.8. The first-order valence-electron chi connectivity index (χ1n) is 29.0. The van der Waals surface area contributed by atoms with Gasteiger partial charge in [0.2, 0.25) is 0 Å². The number of hydrogen-bond donors (Lipinski definition) is 1. The molecule has 1 aliphatic heterocycles. The molecule has 7 rings (SSSR count). The van der Waals surface area contributed by atoms with Gasteiger partial charge in [-0.15, -0.1) is 0 Å². The van der Waals surface area contributed by atoms with E-state index >= 15 is 0 Å². The number of ether oxygens (including phenoxy) is 8. The molecule has 0 radical (unpaired) electrons.